The Morgan fingerprint density at radius 2 is 1.78 bits per heavy atom. The van der Waals surface area contributed by atoms with Crippen LogP contribution in [0.4, 0.5) is 5.82 Å². The Kier molecular flexibility index (Phi) is 5.34. The van der Waals surface area contributed by atoms with Gasteiger partial charge in [0.2, 0.25) is 0 Å². The van der Waals surface area contributed by atoms with Gasteiger partial charge in [0, 0.05) is 11.4 Å². The van der Waals surface area contributed by atoms with Crippen LogP contribution in [0.2, 0.25) is 0 Å². The molecule has 0 atom stereocenters. The van der Waals surface area contributed by atoms with Crippen molar-refractivity contribution in [2.75, 3.05) is 12.3 Å². The van der Waals surface area contributed by atoms with E-state index in [1.807, 2.05) is 0 Å². The number of anilines is 1. The SMILES string of the molecule is Nc1nc(COC(=O)CCN2C(=O)c3ccccc3C2=O)nc2sc3c(c12)CCCCC3. The number of aromatic nitrogens is 2. The highest BCUT2D eigenvalue weighted by Crippen LogP contribution is 2.37. The molecule has 2 amide bonds. The van der Waals surface area contributed by atoms with Gasteiger partial charge in [0.1, 0.15) is 10.6 Å². The summed E-state index contributed by atoms with van der Waals surface area (Å²) < 4.78 is 5.30. The van der Waals surface area contributed by atoms with Crippen LogP contribution < -0.4 is 5.73 Å². The number of thiophene rings is 1. The Balaban J connectivity index is 1.22. The summed E-state index contributed by atoms with van der Waals surface area (Å²) in [5, 5.41) is 0.938. The standard InChI is InChI=1S/C23H22N4O4S/c24-20-19-15-8-2-1-3-9-16(15)32-21(19)26-17(25-20)12-31-18(28)10-11-27-22(29)13-6-4-5-7-14(13)23(27)30/h4-7H,1-3,8-12H2,(H2,24,25,26). The molecule has 0 radical (unpaired) electrons. The predicted octanol–water partition coefficient (Wildman–Crippen LogP) is 3.27. The molecule has 0 spiro atoms. The number of carbonyl (C=O) groups is 3. The topological polar surface area (TPSA) is 115 Å². The molecule has 164 valence electrons. The Morgan fingerprint density at radius 3 is 2.53 bits per heavy atom. The monoisotopic (exact) mass is 450 g/mol. The van der Waals surface area contributed by atoms with Gasteiger partial charge in [0.05, 0.1) is 22.9 Å². The average Bonchev–Trinajstić information content (AvgIpc) is 3.14. The first kappa shape index (κ1) is 20.6. The summed E-state index contributed by atoms with van der Waals surface area (Å²) in [6.07, 6.45) is 5.47. The Morgan fingerprint density at radius 1 is 1.06 bits per heavy atom. The van der Waals surface area contributed by atoms with E-state index >= 15 is 0 Å². The molecule has 1 aliphatic heterocycles. The number of carbonyl (C=O) groups excluding carboxylic acids is 3. The van der Waals surface area contributed by atoms with Crippen LogP contribution in [0.25, 0.3) is 10.2 Å². The molecule has 0 unspecified atom stereocenters. The Labute approximate surface area is 188 Å². The van der Waals surface area contributed by atoms with Crippen molar-refractivity contribution in [2.24, 2.45) is 0 Å². The van der Waals surface area contributed by atoms with E-state index in [0.29, 0.717) is 22.8 Å². The highest BCUT2D eigenvalue weighted by molar-refractivity contribution is 7.19. The largest absolute Gasteiger partial charge is 0.457 e. The molecule has 32 heavy (non-hydrogen) atoms. The molecule has 2 N–H and O–H groups in total. The number of nitrogens with zero attached hydrogens (tertiary/aromatic N) is 3. The highest BCUT2D eigenvalue weighted by atomic mass is 32.1. The lowest BCUT2D eigenvalue weighted by Crippen LogP contribution is -2.32. The number of ether oxygens (including phenoxy) is 1. The van der Waals surface area contributed by atoms with E-state index in [4.69, 9.17) is 10.5 Å². The number of hydrogen-bond donors (Lipinski definition) is 1. The van der Waals surface area contributed by atoms with Crippen molar-refractivity contribution < 1.29 is 19.1 Å². The quantitative estimate of drug-likeness (QED) is 0.360. The van der Waals surface area contributed by atoms with E-state index in [2.05, 4.69) is 9.97 Å². The van der Waals surface area contributed by atoms with Crippen molar-refractivity contribution >= 4 is 45.2 Å². The van der Waals surface area contributed by atoms with E-state index in [1.54, 1.807) is 35.6 Å². The highest BCUT2D eigenvalue weighted by Gasteiger charge is 2.35. The summed E-state index contributed by atoms with van der Waals surface area (Å²) in [5.41, 5.74) is 8.22. The molecule has 0 fully saturated rings. The number of benzene rings is 1. The summed E-state index contributed by atoms with van der Waals surface area (Å²) in [4.78, 5) is 49.2. The van der Waals surface area contributed by atoms with Crippen molar-refractivity contribution in [2.45, 2.75) is 45.1 Å². The molecule has 1 aliphatic carbocycles. The third kappa shape index (κ3) is 3.62. The summed E-state index contributed by atoms with van der Waals surface area (Å²) in [6.45, 7) is -0.144. The van der Waals surface area contributed by atoms with Gasteiger partial charge < -0.3 is 10.5 Å². The molecule has 8 nitrogen and oxygen atoms in total. The smallest absolute Gasteiger partial charge is 0.308 e. The van der Waals surface area contributed by atoms with E-state index in [1.165, 1.54) is 23.3 Å². The minimum Gasteiger partial charge on any atom is -0.457 e. The van der Waals surface area contributed by atoms with Gasteiger partial charge in [-0.15, -0.1) is 11.3 Å². The molecule has 9 heteroatoms. The second-order valence-electron chi connectivity index (χ2n) is 7.99. The normalized spacial score (nSPS) is 15.6. The molecule has 0 saturated heterocycles. The summed E-state index contributed by atoms with van der Waals surface area (Å²) in [5.74, 6) is -0.549. The van der Waals surface area contributed by atoms with E-state index in [-0.39, 0.29) is 19.6 Å². The number of rotatable bonds is 5. The van der Waals surface area contributed by atoms with Gasteiger partial charge in [0.25, 0.3) is 11.8 Å². The van der Waals surface area contributed by atoms with Crippen molar-refractivity contribution in [3.05, 3.63) is 51.7 Å². The van der Waals surface area contributed by atoms with Crippen LogP contribution in [0, 0.1) is 0 Å². The maximum absolute atomic E-state index is 12.4. The number of imide groups is 1. The van der Waals surface area contributed by atoms with E-state index in [0.717, 1.165) is 34.4 Å². The zero-order valence-corrected chi connectivity index (χ0v) is 18.2. The van der Waals surface area contributed by atoms with Crippen LogP contribution in [0.5, 0.6) is 0 Å². The van der Waals surface area contributed by atoms with Gasteiger partial charge in [-0.1, -0.05) is 18.6 Å². The summed E-state index contributed by atoms with van der Waals surface area (Å²) in [7, 11) is 0. The number of hydrogen-bond acceptors (Lipinski definition) is 8. The van der Waals surface area contributed by atoms with Crippen LogP contribution >= 0.6 is 11.3 Å². The lowest BCUT2D eigenvalue weighted by molar-refractivity contribution is -0.145. The van der Waals surface area contributed by atoms with Crippen LogP contribution in [0.15, 0.2) is 24.3 Å². The number of nitrogens with two attached hydrogens (primary N) is 1. The Hall–Kier alpha value is -3.33. The first-order valence-corrected chi connectivity index (χ1v) is 11.5. The predicted molar refractivity (Wildman–Crippen MR) is 119 cm³/mol. The number of nitrogen functional groups attached to an aromatic ring is 1. The fraction of sp³-hybridized carbons (Fsp3) is 0.348. The van der Waals surface area contributed by atoms with E-state index in [9.17, 15) is 14.4 Å². The van der Waals surface area contributed by atoms with Crippen molar-refractivity contribution in [1.29, 1.82) is 0 Å². The third-order valence-electron chi connectivity index (χ3n) is 5.92. The molecular weight excluding hydrogens is 428 g/mol. The Bertz CT molecular complexity index is 1220. The van der Waals surface area contributed by atoms with Gasteiger partial charge in [-0.05, 0) is 43.4 Å². The number of amides is 2. The van der Waals surface area contributed by atoms with Gasteiger partial charge in [-0.2, -0.15) is 0 Å². The molecule has 3 aromatic rings. The van der Waals surface area contributed by atoms with Crippen LogP contribution in [0.3, 0.4) is 0 Å². The molecule has 1 aromatic carbocycles. The van der Waals surface area contributed by atoms with Gasteiger partial charge in [-0.25, -0.2) is 9.97 Å². The lowest BCUT2D eigenvalue weighted by Gasteiger charge is -2.13. The van der Waals surface area contributed by atoms with Crippen LogP contribution in [-0.4, -0.2) is 39.2 Å². The summed E-state index contributed by atoms with van der Waals surface area (Å²) >= 11 is 1.64. The zero-order chi connectivity index (χ0) is 22.2. The number of fused-ring (bicyclic) bond motifs is 4. The minimum absolute atomic E-state index is 0.0368. The zero-order valence-electron chi connectivity index (χ0n) is 17.4. The van der Waals surface area contributed by atoms with Crippen molar-refractivity contribution in [3.8, 4) is 0 Å². The second-order valence-corrected chi connectivity index (χ2v) is 9.07. The third-order valence-corrected chi connectivity index (χ3v) is 7.10. The summed E-state index contributed by atoms with van der Waals surface area (Å²) in [6, 6.07) is 6.62. The second kappa shape index (κ2) is 8.31. The fourth-order valence-corrected chi connectivity index (χ4v) is 5.62. The average molecular weight is 451 g/mol. The van der Waals surface area contributed by atoms with Crippen LogP contribution in [-0.2, 0) is 29.0 Å². The first-order chi connectivity index (χ1) is 15.5. The molecular formula is C23H22N4O4S. The molecule has 0 bridgehead atoms. The van der Waals surface area contributed by atoms with E-state index < -0.39 is 17.8 Å². The maximum Gasteiger partial charge on any atom is 0.308 e. The molecule has 3 heterocycles. The lowest BCUT2D eigenvalue weighted by atomic mass is 10.1. The molecule has 5 rings (SSSR count). The van der Waals surface area contributed by atoms with Crippen molar-refractivity contribution in [1.82, 2.24) is 14.9 Å². The van der Waals surface area contributed by atoms with Crippen molar-refractivity contribution in [3.63, 3.8) is 0 Å². The number of esters is 1. The minimum atomic E-state index is -0.536. The first-order valence-electron chi connectivity index (χ1n) is 10.7. The van der Waals surface area contributed by atoms with Crippen LogP contribution in [0.1, 0.15) is 62.7 Å². The molecule has 0 saturated carbocycles. The number of aryl methyl sites for hydroxylation is 2. The fourth-order valence-electron chi connectivity index (χ4n) is 4.34. The van der Waals surface area contributed by atoms with Gasteiger partial charge in [-0.3, -0.25) is 19.3 Å². The molecule has 2 aromatic heterocycles. The molecule has 2 aliphatic rings. The maximum atomic E-state index is 12.4. The van der Waals surface area contributed by atoms with Gasteiger partial charge >= 0.3 is 5.97 Å². The van der Waals surface area contributed by atoms with Gasteiger partial charge in [0.15, 0.2) is 12.4 Å².